The van der Waals surface area contributed by atoms with Crippen molar-refractivity contribution in [3.05, 3.63) is 0 Å². The Balaban J connectivity index is 2.66. The van der Waals surface area contributed by atoms with Crippen molar-refractivity contribution in [2.24, 2.45) is 5.16 Å². The highest BCUT2D eigenvalue weighted by atomic mass is 31.2. The molecular weight excluding hydrogens is 261 g/mol. The summed E-state index contributed by atoms with van der Waals surface area (Å²) in [5, 5.41) is 3.58. The highest BCUT2D eigenvalue weighted by Gasteiger charge is 2.43. The molecular formula is C10H18NO6P. The van der Waals surface area contributed by atoms with Gasteiger partial charge in [0.05, 0.1) is 26.2 Å². The minimum atomic E-state index is -3.41. The van der Waals surface area contributed by atoms with Crippen molar-refractivity contribution in [2.75, 3.05) is 19.8 Å². The van der Waals surface area contributed by atoms with E-state index in [2.05, 4.69) is 5.16 Å². The maximum Gasteiger partial charge on any atom is 0.374 e. The number of carbonyl (C=O) groups excluding carboxylic acids is 1. The standard InChI is InChI=1S/C10H18NO6P/c1-4-14-10(12)8-7-9(17-11-8)18(13,15-5-2)16-6-3/h9H,4-7H2,1-3H3/t9-/m1/s1. The molecule has 0 saturated heterocycles. The van der Waals surface area contributed by atoms with Crippen LogP contribution in [0.5, 0.6) is 0 Å². The highest BCUT2D eigenvalue weighted by molar-refractivity contribution is 7.54. The fraction of sp³-hybridized carbons (Fsp3) is 0.800. The first-order valence-electron chi connectivity index (χ1n) is 5.86. The number of carbonyl (C=O) groups is 1. The molecule has 0 saturated carbocycles. The highest BCUT2D eigenvalue weighted by Crippen LogP contribution is 2.55. The van der Waals surface area contributed by atoms with Crippen LogP contribution in [0, 0.1) is 0 Å². The number of nitrogens with zero attached hydrogens (tertiary/aromatic N) is 1. The summed E-state index contributed by atoms with van der Waals surface area (Å²) < 4.78 is 27.4. The minimum absolute atomic E-state index is 0.0656. The van der Waals surface area contributed by atoms with Gasteiger partial charge in [-0.15, -0.1) is 0 Å². The summed E-state index contributed by atoms with van der Waals surface area (Å²) in [6, 6.07) is 0. The molecule has 0 aromatic heterocycles. The van der Waals surface area contributed by atoms with Gasteiger partial charge in [0.1, 0.15) is 0 Å². The van der Waals surface area contributed by atoms with Gasteiger partial charge in [-0.3, -0.25) is 4.57 Å². The van der Waals surface area contributed by atoms with E-state index in [1.165, 1.54) is 0 Å². The third kappa shape index (κ3) is 3.54. The van der Waals surface area contributed by atoms with Gasteiger partial charge in [-0.2, -0.15) is 0 Å². The predicted octanol–water partition coefficient (Wildman–Crippen LogP) is 1.92. The van der Waals surface area contributed by atoms with Crippen LogP contribution in [0.4, 0.5) is 0 Å². The van der Waals surface area contributed by atoms with E-state index in [0.717, 1.165) is 0 Å². The zero-order chi connectivity index (χ0) is 13.6. The molecule has 0 amide bonds. The van der Waals surface area contributed by atoms with Gasteiger partial charge < -0.3 is 18.6 Å². The van der Waals surface area contributed by atoms with E-state index in [4.69, 9.17) is 18.6 Å². The van der Waals surface area contributed by atoms with Gasteiger partial charge in [0.25, 0.3) is 0 Å². The van der Waals surface area contributed by atoms with Crippen LogP contribution in [0.15, 0.2) is 5.16 Å². The molecule has 0 radical (unpaired) electrons. The average Bonchev–Trinajstić information content (AvgIpc) is 2.80. The van der Waals surface area contributed by atoms with Gasteiger partial charge in [0, 0.05) is 0 Å². The van der Waals surface area contributed by atoms with Crippen LogP contribution in [0.25, 0.3) is 0 Å². The zero-order valence-electron chi connectivity index (χ0n) is 10.7. The molecule has 7 nitrogen and oxygen atoms in total. The van der Waals surface area contributed by atoms with E-state index in [-0.39, 0.29) is 32.0 Å². The van der Waals surface area contributed by atoms with Gasteiger partial charge in [0.2, 0.25) is 5.85 Å². The molecule has 0 aliphatic carbocycles. The molecule has 0 N–H and O–H groups in total. The number of hydrogen-bond acceptors (Lipinski definition) is 7. The molecule has 1 rings (SSSR count). The van der Waals surface area contributed by atoms with E-state index in [1.807, 2.05) is 0 Å². The average molecular weight is 279 g/mol. The van der Waals surface area contributed by atoms with Gasteiger partial charge in [0.15, 0.2) is 5.71 Å². The van der Waals surface area contributed by atoms with E-state index in [0.29, 0.717) is 0 Å². The van der Waals surface area contributed by atoms with Crippen molar-refractivity contribution < 1.29 is 28.0 Å². The first kappa shape index (κ1) is 15.1. The number of hydrogen-bond donors (Lipinski definition) is 0. The first-order valence-corrected chi connectivity index (χ1v) is 7.47. The summed E-state index contributed by atoms with van der Waals surface area (Å²) in [5.41, 5.74) is 0.0986. The monoisotopic (exact) mass is 279 g/mol. The van der Waals surface area contributed by atoms with Crippen molar-refractivity contribution in [2.45, 2.75) is 33.0 Å². The molecule has 104 valence electrons. The zero-order valence-corrected chi connectivity index (χ0v) is 11.6. The lowest BCUT2D eigenvalue weighted by molar-refractivity contribution is -0.135. The second kappa shape index (κ2) is 6.87. The molecule has 1 heterocycles. The van der Waals surface area contributed by atoms with Crippen LogP contribution in [-0.2, 0) is 28.0 Å². The lowest BCUT2D eigenvalue weighted by Gasteiger charge is -2.20. The minimum Gasteiger partial charge on any atom is -0.461 e. The maximum absolute atomic E-state index is 12.3. The second-order valence-electron chi connectivity index (χ2n) is 3.40. The molecule has 0 unspecified atom stereocenters. The van der Waals surface area contributed by atoms with Crippen LogP contribution in [0.1, 0.15) is 27.2 Å². The first-order chi connectivity index (χ1) is 8.57. The normalized spacial score (nSPS) is 19.3. The summed E-state index contributed by atoms with van der Waals surface area (Å²) >= 11 is 0. The molecule has 1 aliphatic heterocycles. The second-order valence-corrected chi connectivity index (χ2v) is 5.57. The molecule has 0 aromatic rings. The van der Waals surface area contributed by atoms with Crippen molar-refractivity contribution in [3.8, 4) is 0 Å². The fourth-order valence-corrected chi connectivity index (χ4v) is 3.12. The molecule has 0 aromatic carbocycles. The predicted molar refractivity (Wildman–Crippen MR) is 64.4 cm³/mol. The van der Waals surface area contributed by atoms with E-state index >= 15 is 0 Å². The number of ether oxygens (including phenoxy) is 1. The number of rotatable bonds is 7. The SMILES string of the molecule is CCOC(=O)C1=NO[C@H](P(=O)(OCC)OCC)C1. The Hall–Kier alpha value is -0.910. The summed E-state index contributed by atoms with van der Waals surface area (Å²) in [6.07, 6.45) is 0.0656. The lowest BCUT2D eigenvalue weighted by atomic mass is 10.3. The van der Waals surface area contributed by atoms with Crippen molar-refractivity contribution in [3.63, 3.8) is 0 Å². The van der Waals surface area contributed by atoms with Crippen molar-refractivity contribution in [1.29, 1.82) is 0 Å². The maximum atomic E-state index is 12.3. The summed E-state index contributed by atoms with van der Waals surface area (Å²) in [4.78, 5) is 16.4. The van der Waals surface area contributed by atoms with Gasteiger partial charge in [-0.25, -0.2) is 4.79 Å². The quantitative estimate of drug-likeness (QED) is 0.523. The number of esters is 1. The molecule has 0 bridgehead atoms. The Morgan fingerprint density at radius 3 is 2.44 bits per heavy atom. The third-order valence-corrected chi connectivity index (χ3v) is 4.35. The number of oxime groups is 1. The Kier molecular flexibility index (Phi) is 5.78. The van der Waals surface area contributed by atoms with Gasteiger partial charge in [-0.05, 0) is 20.8 Å². The fourth-order valence-electron chi connectivity index (χ4n) is 1.43. The van der Waals surface area contributed by atoms with Crippen LogP contribution in [-0.4, -0.2) is 37.3 Å². The van der Waals surface area contributed by atoms with Gasteiger partial charge in [-0.1, -0.05) is 5.16 Å². The Morgan fingerprint density at radius 2 is 1.94 bits per heavy atom. The smallest absolute Gasteiger partial charge is 0.374 e. The van der Waals surface area contributed by atoms with E-state index in [1.54, 1.807) is 20.8 Å². The molecule has 18 heavy (non-hydrogen) atoms. The molecule has 1 atom stereocenters. The van der Waals surface area contributed by atoms with Crippen molar-refractivity contribution >= 4 is 19.3 Å². The van der Waals surface area contributed by atoms with E-state index < -0.39 is 19.4 Å². The molecule has 8 heteroatoms. The Morgan fingerprint density at radius 1 is 1.33 bits per heavy atom. The Labute approximate surface area is 106 Å². The van der Waals surface area contributed by atoms with Crippen LogP contribution >= 0.6 is 7.60 Å². The van der Waals surface area contributed by atoms with Crippen molar-refractivity contribution in [1.82, 2.24) is 0 Å². The Bertz CT molecular complexity index is 359. The molecule has 0 spiro atoms. The summed E-state index contributed by atoms with van der Waals surface area (Å²) in [5.74, 6) is -1.45. The lowest BCUT2D eigenvalue weighted by Crippen LogP contribution is -2.19. The third-order valence-electron chi connectivity index (χ3n) is 2.13. The molecule has 1 aliphatic rings. The van der Waals surface area contributed by atoms with Crippen LogP contribution < -0.4 is 0 Å². The van der Waals surface area contributed by atoms with E-state index in [9.17, 15) is 9.36 Å². The van der Waals surface area contributed by atoms with Crippen LogP contribution in [0.2, 0.25) is 0 Å². The summed E-state index contributed by atoms with van der Waals surface area (Å²) in [6.45, 7) is 5.80. The molecule has 0 fully saturated rings. The topological polar surface area (TPSA) is 83.4 Å². The van der Waals surface area contributed by atoms with Crippen LogP contribution in [0.3, 0.4) is 0 Å². The van der Waals surface area contributed by atoms with Gasteiger partial charge >= 0.3 is 13.6 Å². The largest absolute Gasteiger partial charge is 0.461 e. The summed E-state index contributed by atoms with van der Waals surface area (Å²) in [7, 11) is -3.41.